The lowest BCUT2D eigenvalue weighted by atomic mass is 10.3. The van der Waals surface area contributed by atoms with Crippen LogP contribution in [-0.2, 0) is 6.42 Å². The molecule has 0 spiro atoms. The number of benzene rings is 1. The van der Waals surface area contributed by atoms with Crippen molar-refractivity contribution < 1.29 is 0 Å². The summed E-state index contributed by atoms with van der Waals surface area (Å²) in [5, 5.41) is 5.09. The summed E-state index contributed by atoms with van der Waals surface area (Å²) in [6.45, 7) is 2.13. The SMILES string of the molecule is CCc1cnc(Nc2nc3ccccc3s2)s1. The van der Waals surface area contributed by atoms with Gasteiger partial charge in [0.25, 0.3) is 0 Å². The first-order valence-corrected chi connectivity index (χ1v) is 7.06. The molecule has 0 saturated carbocycles. The fraction of sp³-hybridized carbons (Fsp3) is 0.167. The Balaban J connectivity index is 1.89. The van der Waals surface area contributed by atoms with E-state index in [9.17, 15) is 0 Å². The molecule has 0 saturated heterocycles. The zero-order valence-electron chi connectivity index (χ0n) is 9.30. The van der Waals surface area contributed by atoms with Gasteiger partial charge in [-0.1, -0.05) is 30.4 Å². The molecule has 5 heteroatoms. The highest BCUT2D eigenvalue weighted by molar-refractivity contribution is 7.22. The van der Waals surface area contributed by atoms with Gasteiger partial charge >= 0.3 is 0 Å². The molecule has 0 bridgehead atoms. The van der Waals surface area contributed by atoms with Gasteiger partial charge in [0.15, 0.2) is 10.3 Å². The second kappa shape index (κ2) is 4.43. The van der Waals surface area contributed by atoms with Crippen molar-refractivity contribution in [3.63, 3.8) is 0 Å². The van der Waals surface area contributed by atoms with Gasteiger partial charge in [-0.3, -0.25) is 0 Å². The van der Waals surface area contributed by atoms with Crippen LogP contribution >= 0.6 is 22.7 Å². The van der Waals surface area contributed by atoms with E-state index in [-0.39, 0.29) is 0 Å². The summed E-state index contributed by atoms with van der Waals surface area (Å²) < 4.78 is 1.20. The summed E-state index contributed by atoms with van der Waals surface area (Å²) in [5.74, 6) is 0. The molecule has 0 aliphatic rings. The van der Waals surface area contributed by atoms with Crippen LogP contribution in [0.3, 0.4) is 0 Å². The Morgan fingerprint density at radius 2 is 2.06 bits per heavy atom. The molecule has 2 aromatic heterocycles. The topological polar surface area (TPSA) is 37.8 Å². The van der Waals surface area contributed by atoms with Gasteiger partial charge in [-0.25, -0.2) is 9.97 Å². The van der Waals surface area contributed by atoms with Gasteiger partial charge in [0, 0.05) is 11.1 Å². The Morgan fingerprint density at radius 3 is 2.82 bits per heavy atom. The number of para-hydroxylation sites is 1. The Hall–Kier alpha value is -1.46. The molecule has 3 aromatic rings. The molecule has 0 fully saturated rings. The predicted molar refractivity (Wildman–Crippen MR) is 74.4 cm³/mol. The molecule has 2 heterocycles. The normalized spacial score (nSPS) is 10.9. The lowest BCUT2D eigenvalue weighted by Gasteiger charge is -1.94. The van der Waals surface area contributed by atoms with Crippen LogP contribution in [0.25, 0.3) is 10.2 Å². The zero-order chi connectivity index (χ0) is 11.7. The van der Waals surface area contributed by atoms with Crippen molar-refractivity contribution in [3.05, 3.63) is 35.3 Å². The van der Waals surface area contributed by atoms with E-state index in [4.69, 9.17) is 0 Å². The number of anilines is 2. The summed E-state index contributed by atoms with van der Waals surface area (Å²) in [4.78, 5) is 10.1. The largest absolute Gasteiger partial charge is 0.307 e. The molecule has 0 radical (unpaired) electrons. The van der Waals surface area contributed by atoms with Gasteiger partial charge < -0.3 is 5.32 Å². The standard InChI is InChI=1S/C12H11N3S2/c1-2-8-7-13-11(16-8)15-12-14-9-5-3-4-6-10(9)17-12/h3-7H,2H2,1H3,(H,13,14,15). The number of aryl methyl sites for hydroxylation is 1. The first-order chi connectivity index (χ1) is 8.35. The third-order valence-electron chi connectivity index (χ3n) is 2.41. The van der Waals surface area contributed by atoms with Crippen LogP contribution in [0.2, 0.25) is 0 Å². The van der Waals surface area contributed by atoms with Gasteiger partial charge in [0.1, 0.15) is 0 Å². The molecule has 0 atom stereocenters. The molecule has 1 aromatic carbocycles. The maximum absolute atomic E-state index is 4.52. The van der Waals surface area contributed by atoms with Gasteiger partial charge in [0.2, 0.25) is 0 Å². The number of fused-ring (bicyclic) bond motifs is 1. The summed E-state index contributed by atoms with van der Waals surface area (Å²) in [5.41, 5.74) is 1.03. The first kappa shape index (κ1) is 10.7. The van der Waals surface area contributed by atoms with Gasteiger partial charge in [-0.2, -0.15) is 0 Å². The number of aromatic nitrogens is 2. The van der Waals surface area contributed by atoms with Crippen LogP contribution < -0.4 is 5.32 Å². The van der Waals surface area contributed by atoms with E-state index in [1.54, 1.807) is 22.7 Å². The zero-order valence-corrected chi connectivity index (χ0v) is 10.9. The van der Waals surface area contributed by atoms with Gasteiger partial charge in [-0.05, 0) is 18.6 Å². The summed E-state index contributed by atoms with van der Waals surface area (Å²) >= 11 is 3.34. The van der Waals surface area contributed by atoms with E-state index < -0.39 is 0 Å². The second-order valence-electron chi connectivity index (χ2n) is 3.60. The van der Waals surface area contributed by atoms with Crippen molar-refractivity contribution in [2.45, 2.75) is 13.3 Å². The maximum atomic E-state index is 4.52. The average molecular weight is 261 g/mol. The monoisotopic (exact) mass is 261 g/mol. The highest BCUT2D eigenvalue weighted by atomic mass is 32.1. The highest BCUT2D eigenvalue weighted by Crippen LogP contribution is 2.29. The van der Waals surface area contributed by atoms with E-state index in [0.29, 0.717) is 0 Å². The molecule has 1 N–H and O–H groups in total. The molecule has 3 nitrogen and oxygen atoms in total. The lowest BCUT2D eigenvalue weighted by molar-refractivity contribution is 1.17. The number of rotatable bonds is 3. The molecule has 17 heavy (non-hydrogen) atoms. The van der Waals surface area contributed by atoms with Crippen molar-refractivity contribution in [2.75, 3.05) is 5.32 Å². The van der Waals surface area contributed by atoms with Crippen LogP contribution in [-0.4, -0.2) is 9.97 Å². The fourth-order valence-corrected chi connectivity index (χ4v) is 3.23. The average Bonchev–Trinajstić information content (AvgIpc) is 2.94. The van der Waals surface area contributed by atoms with E-state index in [1.807, 2.05) is 24.4 Å². The molecular formula is C12H11N3S2. The first-order valence-electron chi connectivity index (χ1n) is 5.42. The van der Waals surface area contributed by atoms with Crippen molar-refractivity contribution in [1.29, 1.82) is 0 Å². The van der Waals surface area contributed by atoms with Crippen molar-refractivity contribution in [3.8, 4) is 0 Å². The third kappa shape index (κ3) is 2.16. The molecule has 86 valence electrons. The quantitative estimate of drug-likeness (QED) is 0.772. The van der Waals surface area contributed by atoms with Crippen LogP contribution in [0, 0.1) is 0 Å². The van der Waals surface area contributed by atoms with Crippen molar-refractivity contribution >= 4 is 43.2 Å². The lowest BCUT2D eigenvalue weighted by Crippen LogP contribution is -1.86. The maximum Gasteiger partial charge on any atom is 0.190 e. The Morgan fingerprint density at radius 1 is 1.18 bits per heavy atom. The van der Waals surface area contributed by atoms with E-state index >= 15 is 0 Å². The highest BCUT2D eigenvalue weighted by Gasteiger charge is 2.05. The Labute approximate surface area is 107 Å². The Kier molecular flexibility index (Phi) is 2.78. The number of nitrogens with one attached hydrogen (secondary N) is 1. The summed E-state index contributed by atoms with van der Waals surface area (Å²) in [7, 11) is 0. The Bertz CT molecular complexity index is 609. The minimum atomic E-state index is 0.906. The fourth-order valence-electron chi connectivity index (χ4n) is 1.55. The van der Waals surface area contributed by atoms with E-state index in [0.717, 1.165) is 22.2 Å². The number of thiazole rings is 2. The van der Waals surface area contributed by atoms with E-state index in [2.05, 4.69) is 28.3 Å². The minimum absolute atomic E-state index is 0.906. The van der Waals surface area contributed by atoms with E-state index in [1.165, 1.54) is 9.58 Å². The summed E-state index contributed by atoms with van der Waals surface area (Å²) in [6, 6.07) is 8.14. The van der Waals surface area contributed by atoms with Crippen LogP contribution in [0.1, 0.15) is 11.8 Å². The molecule has 3 rings (SSSR count). The number of hydrogen-bond donors (Lipinski definition) is 1. The van der Waals surface area contributed by atoms with Gasteiger partial charge in [0.05, 0.1) is 10.2 Å². The van der Waals surface area contributed by atoms with Crippen LogP contribution in [0.4, 0.5) is 10.3 Å². The number of hydrogen-bond acceptors (Lipinski definition) is 5. The van der Waals surface area contributed by atoms with Gasteiger partial charge in [-0.15, -0.1) is 11.3 Å². The number of nitrogens with zero attached hydrogens (tertiary/aromatic N) is 2. The minimum Gasteiger partial charge on any atom is -0.307 e. The smallest absolute Gasteiger partial charge is 0.190 e. The van der Waals surface area contributed by atoms with Crippen LogP contribution in [0.5, 0.6) is 0 Å². The van der Waals surface area contributed by atoms with Crippen molar-refractivity contribution in [1.82, 2.24) is 9.97 Å². The second-order valence-corrected chi connectivity index (χ2v) is 5.74. The predicted octanol–water partition coefficient (Wildman–Crippen LogP) is 4.06. The van der Waals surface area contributed by atoms with Crippen molar-refractivity contribution in [2.24, 2.45) is 0 Å². The third-order valence-corrected chi connectivity index (χ3v) is 4.42. The molecule has 0 aliphatic heterocycles. The molecular weight excluding hydrogens is 250 g/mol. The molecule has 0 amide bonds. The van der Waals surface area contributed by atoms with Crippen LogP contribution in [0.15, 0.2) is 30.5 Å². The summed E-state index contributed by atoms with van der Waals surface area (Å²) in [6.07, 6.45) is 2.94. The molecule has 0 aliphatic carbocycles. The molecule has 0 unspecified atom stereocenters.